The number of nitrogens with one attached hydrogen (secondary N) is 2. The van der Waals surface area contributed by atoms with Gasteiger partial charge in [-0.05, 0) is 22.6 Å². The zero-order valence-corrected chi connectivity index (χ0v) is 8.95. The van der Waals surface area contributed by atoms with E-state index >= 15 is 0 Å². The summed E-state index contributed by atoms with van der Waals surface area (Å²) in [6.07, 6.45) is 0.496. The fourth-order valence-electron chi connectivity index (χ4n) is 1.52. The van der Waals surface area contributed by atoms with Crippen LogP contribution in [0.4, 0.5) is 0 Å². The number of quaternary nitrogens is 2. The zero-order chi connectivity index (χ0) is 9.30. The van der Waals surface area contributed by atoms with Crippen LogP contribution >= 0.6 is 22.6 Å². The van der Waals surface area contributed by atoms with Gasteiger partial charge in [0.1, 0.15) is 10.1 Å². The Hall–Kier alpha value is 0.530. The first-order valence-electron chi connectivity index (χ1n) is 3.92. The van der Waals surface area contributed by atoms with Crippen molar-refractivity contribution in [3.05, 3.63) is 10.4 Å². The van der Waals surface area contributed by atoms with Gasteiger partial charge in [-0.1, -0.05) is 6.92 Å². The third-order valence-corrected chi connectivity index (χ3v) is 3.54. The van der Waals surface area contributed by atoms with E-state index in [9.17, 15) is 10.4 Å². The summed E-state index contributed by atoms with van der Waals surface area (Å²) in [4.78, 5) is 0. The van der Waals surface area contributed by atoms with Gasteiger partial charge in [0.05, 0.1) is 18.9 Å². The molecule has 1 saturated heterocycles. The van der Waals surface area contributed by atoms with Gasteiger partial charge in [0.25, 0.3) is 0 Å². The Labute approximate surface area is 84.6 Å². The number of hydroxylamine groups is 4. The van der Waals surface area contributed by atoms with Gasteiger partial charge in [0, 0.05) is 0 Å². The van der Waals surface area contributed by atoms with Crippen LogP contribution < -0.4 is 10.3 Å². The molecule has 5 unspecified atom stereocenters. The van der Waals surface area contributed by atoms with Crippen molar-refractivity contribution in [2.75, 3.05) is 6.54 Å². The average Bonchev–Trinajstić information content (AvgIpc) is 1.96. The van der Waals surface area contributed by atoms with Crippen LogP contribution in [0.3, 0.4) is 0 Å². The summed E-state index contributed by atoms with van der Waals surface area (Å²) >= 11 is 2.03. The Bertz CT molecular complexity index is 158. The van der Waals surface area contributed by atoms with Crippen molar-refractivity contribution >= 4 is 22.6 Å². The zero-order valence-electron chi connectivity index (χ0n) is 6.79. The van der Waals surface area contributed by atoms with Crippen molar-refractivity contribution < 1.29 is 15.5 Å². The quantitative estimate of drug-likeness (QED) is 0.177. The van der Waals surface area contributed by atoms with Gasteiger partial charge < -0.3 is 15.5 Å². The lowest BCUT2D eigenvalue weighted by Crippen LogP contribution is -3.18. The summed E-state index contributed by atoms with van der Waals surface area (Å²) in [7, 11) is 0. The fraction of sp³-hybridized carbons (Fsp3) is 1.00. The largest absolute Gasteiger partial charge is 0.634 e. The molecule has 1 heterocycles. The molecule has 0 aromatic carbocycles. The monoisotopic (exact) mass is 288 g/mol. The van der Waals surface area contributed by atoms with Crippen LogP contribution in [0, 0.1) is 16.3 Å². The van der Waals surface area contributed by atoms with Gasteiger partial charge in [-0.15, -0.1) is 0 Å². The van der Waals surface area contributed by atoms with Crippen molar-refractivity contribution in [1.29, 1.82) is 0 Å². The topological polar surface area (TPSA) is 75.2 Å². The van der Waals surface area contributed by atoms with Gasteiger partial charge >= 0.3 is 0 Å². The summed E-state index contributed by atoms with van der Waals surface area (Å²) in [5, 5.41) is 30.1. The van der Waals surface area contributed by atoms with Gasteiger partial charge in [0.2, 0.25) is 0 Å². The lowest BCUT2D eigenvalue weighted by atomic mass is 9.96. The van der Waals surface area contributed by atoms with E-state index in [4.69, 9.17) is 5.21 Å². The molecule has 5 nitrogen and oxygen atoms in total. The molecular formula is C6H13IN2O3. The average molecular weight is 288 g/mol. The molecule has 0 spiro atoms. The molecule has 0 saturated carbocycles. The maximum absolute atomic E-state index is 11.2. The number of hydrogen-bond acceptors (Lipinski definition) is 3. The van der Waals surface area contributed by atoms with Crippen molar-refractivity contribution in [3.8, 4) is 0 Å². The minimum absolute atomic E-state index is 0.000941. The molecule has 0 amide bonds. The second-order valence-corrected chi connectivity index (χ2v) is 4.80. The molecule has 1 aliphatic rings. The van der Waals surface area contributed by atoms with Gasteiger partial charge in [-0.3, -0.25) is 0 Å². The minimum atomic E-state index is -0.767. The third-order valence-electron chi connectivity index (χ3n) is 2.34. The van der Waals surface area contributed by atoms with Crippen molar-refractivity contribution in [1.82, 2.24) is 0 Å². The highest BCUT2D eigenvalue weighted by Crippen LogP contribution is 2.12. The first-order chi connectivity index (χ1) is 5.52. The Morgan fingerprint density at radius 2 is 2.25 bits per heavy atom. The van der Waals surface area contributed by atoms with Crippen LogP contribution in [0.5, 0.6) is 0 Å². The number of piperidine rings is 1. The van der Waals surface area contributed by atoms with E-state index in [0.717, 1.165) is 0 Å². The third kappa shape index (κ3) is 2.27. The molecule has 5 atom stereocenters. The molecule has 72 valence electrons. The Balaban J connectivity index is 2.55. The summed E-state index contributed by atoms with van der Waals surface area (Å²) in [6.45, 7) is 2.25. The highest BCUT2D eigenvalue weighted by Gasteiger charge is 2.35. The molecule has 0 radical (unpaired) electrons. The van der Waals surface area contributed by atoms with Crippen LogP contribution in [0.25, 0.3) is 0 Å². The number of alkyl halides is 1. The summed E-state index contributed by atoms with van der Waals surface area (Å²) in [5.41, 5.74) is 0. The normalized spacial score (nSPS) is 45.8. The van der Waals surface area contributed by atoms with Crippen LogP contribution in [0.2, 0.25) is 0 Å². The van der Waals surface area contributed by atoms with Crippen LogP contribution in [0.15, 0.2) is 0 Å². The maximum Gasteiger partial charge on any atom is 0.143 e. The molecule has 1 aliphatic heterocycles. The molecule has 0 bridgehead atoms. The smallest absolute Gasteiger partial charge is 0.143 e. The minimum Gasteiger partial charge on any atom is -0.634 e. The van der Waals surface area contributed by atoms with Gasteiger partial charge in [0.15, 0.2) is 0 Å². The standard InChI is InChI=1S/C6H13IN2O3/c1-4-3-8(10)6(7)2-5(4)9(11)12/h4-6,8-9,11H,2-3H2,1H3. The molecule has 0 aromatic rings. The lowest BCUT2D eigenvalue weighted by Gasteiger charge is -2.40. The van der Waals surface area contributed by atoms with Crippen LogP contribution in [0.1, 0.15) is 13.3 Å². The fourth-order valence-corrected chi connectivity index (χ4v) is 2.32. The summed E-state index contributed by atoms with van der Waals surface area (Å²) in [6, 6.07) is -0.329. The maximum atomic E-state index is 11.2. The van der Waals surface area contributed by atoms with Crippen molar-refractivity contribution in [2.24, 2.45) is 5.92 Å². The molecule has 3 N–H and O–H groups in total. The second-order valence-electron chi connectivity index (χ2n) is 3.30. The molecule has 0 aromatic heterocycles. The molecule has 1 fully saturated rings. The SMILES string of the molecule is CC1C[NH+]([O-])C(I)CC1[NH+]([O-])O. The summed E-state index contributed by atoms with van der Waals surface area (Å²) < 4.78 is -0.0973. The van der Waals surface area contributed by atoms with Gasteiger partial charge in [-0.25, -0.2) is 10.4 Å². The first kappa shape index (κ1) is 10.6. The number of rotatable bonds is 1. The predicted molar refractivity (Wildman–Crippen MR) is 50.7 cm³/mol. The highest BCUT2D eigenvalue weighted by molar-refractivity contribution is 14.1. The predicted octanol–water partition coefficient (Wildman–Crippen LogP) is -1.69. The molecule has 1 rings (SSSR count). The first-order valence-corrected chi connectivity index (χ1v) is 5.16. The Kier molecular flexibility index (Phi) is 3.68. The van der Waals surface area contributed by atoms with E-state index < -0.39 is 5.23 Å². The number of hydrogen-bond donors (Lipinski definition) is 3. The number of halogens is 1. The second kappa shape index (κ2) is 4.16. The lowest BCUT2D eigenvalue weighted by molar-refractivity contribution is -1.08. The molecule has 0 aliphatic carbocycles. The Morgan fingerprint density at radius 3 is 2.75 bits per heavy atom. The van der Waals surface area contributed by atoms with E-state index in [1.165, 1.54) is 0 Å². The molecule has 12 heavy (non-hydrogen) atoms. The van der Waals surface area contributed by atoms with Crippen LogP contribution in [-0.2, 0) is 0 Å². The molecular weight excluding hydrogens is 275 g/mol. The highest BCUT2D eigenvalue weighted by atomic mass is 127. The van der Waals surface area contributed by atoms with E-state index in [-0.39, 0.29) is 21.1 Å². The van der Waals surface area contributed by atoms with Crippen molar-refractivity contribution in [3.63, 3.8) is 0 Å². The molecule has 6 heteroatoms. The summed E-state index contributed by atoms with van der Waals surface area (Å²) in [5.74, 6) is 0.000941. The Morgan fingerprint density at radius 1 is 1.67 bits per heavy atom. The van der Waals surface area contributed by atoms with E-state index in [0.29, 0.717) is 13.0 Å². The van der Waals surface area contributed by atoms with E-state index in [2.05, 4.69) is 0 Å². The van der Waals surface area contributed by atoms with E-state index in [1.54, 1.807) is 0 Å². The van der Waals surface area contributed by atoms with Gasteiger partial charge in [-0.2, -0.15) is 0 Å². The van der Waals surface area contributed by atoms with Crippen molar-refractivity contribution in [2.45, 2.75) is 23.4 Å². The van der Waals surface area contributed by atoms with Crippen LogP contribution in [-0.4, -0.2) is 21.8 Å². The van der Waals surface area contributed by atoms with E-state index in [1.807, 2.05) is 29.5 Å².